The van der Waals surface area contributed by atoms with E-state index in [1.54, 1.807) is 24.3 Å². The molecule has 2 heterocycles. The Morgan fingerprint density at radius 2 is 2.00 bits per heavy atom. The molecule has 0 spiro atoms. The summed E-state index contributed by atoms with van der Waals surface area (Å²) >= 11 is 0. The van der Waals surface area contributed by atoms with Crippen LogP contribution in [-0.4, -0.2) is 27.9 Å². The van der Waals surface area contributed by atoms with Gasteiger partial charge in [0, 0.05) is 11.9 Å². The maximum Gasteiger partial charge on any atom is 0.338 e. The molecule has 0 saturated heterocycles. The number of rotatable bonds is 6. The number of carbonyl (C=O) groups is 2. The summed E-state index contributed by atoms with van der Waals surface area (Å²) in [4.78, 5) is 29.1. The van der Waals surface area contributed by atoms with Gasteiger partial charge in [0.1, 0.15) is 5.65 Å². The number of benzene rings is 1. The Morgan fingerprint density at radius 1 is 1.19 bits per heavy atom. The molecule has 0 radical (unpaired) electrons. The second-order valence-corrected chi connectivity index (χ2v) is 6.47. The van der Waals surface area contributed by atoms with Gasteiger partial charge in [-0.25, -0.2) is 9.78 Å². The SMILES string of the molecule is CCCOC(=O)c1cccc(NC(=O)Cc2c(C)nc3c(C)cccn23)c1. The largest absolute Gasteiger partial charge is 0.462 e. The minimum atomic E-state index is -0.388. The fraction of sp³-hybridized carbons (Fsp3) is 0.286. The number of imidazole rings is 1. The van der Waals surface area contributed by atoms with E-state index in [0.717, 1.165) is 29.0 Å². The number of aromatic nitrogens is 2. The van der Waals surface area contributed by atoms with Crippen LogP contribution in [0.3, 0.4) is 0 Å². The van der Waals surface area contributed by atoms with Crippen molar-refractivity contribution >= 4 is 23.2 Å². The van der Waals surface area contributed by atoms with Crippen LogP contribution in [0.4, 0.5) is 5.69 Å². The van der Waals surface area contributed by atoms with E-state index in [2.05, 4.69) is 10.3 Å². The Bertz CT molecular complexity index is 992. The minimum absolute atomic E-state index is 0.166. The number of aryl methyl sites for hydroxylation is 2. The number of carbonyl (C=O) groups excluding carboxylic acids is 2. The third-order valence-electron chi connectivity index (χ3n) is 4.29. The van der Waals surface area contributed by atoms with E-state index in [1.807, 2.05) is 43.5 Å². The van der Waals surface area contributed by atoms with Crippen molar-refractivity contribution in [2.45, 2.75) is 33.6 Å². The first kappa shape index (κ1) is 18.6. The first-order chi connectivity index (χ1) is 13.0. The number of esters is 1. The molecular formula is C21H23N3O3. The number of pyridine rings is 1. The van der Waals surface area contributed by atoms with E-state index >= 15 is 0 Å². The molecule has 6 heteroatoms. The van der Waals surface area contributed by atoms with E-state index < -0.39 is 0 Å². The fourth-order valence-corrected chi connectivity index (χ4v) is 2.94. The topological polar surface area (TPSA) is 72.7 Å². The second-order valence-electron chi connectivity index (χ2n) is 6.47. The molecule has 1 aromatic carbocycles. The molecule has 1 amide bonds. The molecular weight excluding hydrogens is 342 g/mol. The average molecular weight is 365 g/mol. The summed E-state index contributed by atoms with van der Waals surface area (Å²) in [7, 11) is 0. The van der Waals surface area contributed by atoms with Gasteiger partial charge in [-0.05, 0) is 50.1 Å². The molecule has 0 unspecified atom stereocenters. The van der Waals surface area contributed by atoms with Crippen molar-refractivity contribution in [1.82, 2.24) is 9.38 Å². The number of nitrogens with zero attached hydrogens (tertiary/aromatic N) is 2. The summed E-state index contributed by atoms with van der Waals surface area (Å²) in [6, 6.07) is 10.7. The smallest absolute Gasteiger partial charge is 0.338 e. The molecule has 0 aliphatic heterocycles. The van der Waals surface area contributed by atoms with Crippen molar-refractivity contribution in [3.05, 3.63) is 65.1 Å². The first-order valence-corrected chi connectivity index (χ1v) is 8.99. The zero-order chi connectivity index (χ0) is 19.4. The van der Waals surface area contributed by atoms with Gasteiger partial charge in [-0.2, -0.15) is 0 Å². The Labute approximate surface area is 158 Å². The van der Waals surface area contributed by atoms with Gasteiger partial charge in [0.25, 0.3) is 0 Å². The lowest BCUT2D eigenvalue weighted by molar-refractivity contribution is -0.115. The molecule has 0 aliphatic carbocycles. The molecule has 0 saturated carbocycles. The van der Waals surface area contributed by atoms with Crippen molar-refractivity contribution in [3.63, 3.8) is 0 Å². The van der Waals surface area contributed by atoms with Gasteiger partial charge < -0.3 is 14.5 Å². The van der Waals surface area contributed by atoms with Crippen molar-refractivity contribution in [2.24, 2.45) is 0 Å². The molecule has 0 aliphatic rings. The van der Waals surface area contributed by atoms with E-state index in [9.17, 15) is 9.59 Å². The number of amides is 1. The van der Waals surface area contributed by atoms with Gasteiger partial charge in [-0.1, -0.05) is 19.1 Å². The summed E-state index contributed by atoms with van der Waals surface area (Å²) in [6.07, 6.45) is 2.87. The van der Waals surface area contributed by atoms with Crippen molar-refractivity contribution in [2.75, 3.05) is 11.9 Å². The molecule has 1 N–H and O–H groups in total. The van der Waals surface area contributed by atoms with Crippen molar-refractivity contribution in [3.8, 4) is 0 Å². The van der Waals surface area contributed by atoms with Crippen LogP contribution in [0.5, 0.6) is 0 Å². The normalized spacial score (nSPS) is 10.8. The lowest BCUT2D eigenvalue weighted by atomic mass is 10.2. The fourth-order valence-electron chi connectivity index (χ4n) is 2.94. The number of hydrogen-bond donors (Lipinski definition) is 1. The molecule has 0 atom stereocenters. The van der Waals surface area contributed by atoms with Crippen LogP contribution >= 0.6 is 0 Å². The zero-order valence-electron chi connectivity index (χ0n) is 15.8. The minimum Gasteiger partial charge on any atom is -0.462 e. The first-order valence-electron chi connectivity index (χ1n) is 8.99. The van der Waals surface area contributed by atoms with Gasteiger partial charge in [0.2, 0.25) is 5.91 Å². The van der Waals surface area contributed by atoms with E-state index in [-0.39, 0.29) is 18.3 Å². The molecule has 0 bridgehead atoms. The predicted molar refractivity (Wildman–Crippen MR) is 104 cm³/mol. The quantitative estimate of drug-likeness (QED) is 0.676. The van der Waals surface area contributed by atoms with Crippen molar-refractivity contribution < 1.29 is 14.3 Å². The molecule has 140 valence electrons. The number of hydrogen-bond acceptors (Lipinski definition) is 4. The van der Waals surface area contributed by atoms with Crippen LogP contribution in [0.15, 0.2) is 42.6 Å². The Kier molecular flexibility index (Phi) is 5.54. The third-order valence-corrected chi connectivity index (χ3v) is 4.29. The Morgan fingerprint density at radius 3 is 2.78 bits per heavy atom. The van der Waals surface area contributed by atoms with Crippen LogP contribution in [0.25, 0.3) is 5.65 Å². The Hall–Kier alpha value is -3.15. The molecule has 3 rings (SSSR count). The summed E-state index contributed by atoms with van der Waals surface area (Å²) in [5.41, 5.74) is 4.58. The van der Waals surface area contributed by atoms with Gasteiger partial charge >= 0.3 is 5.97 Å². The van der Waals surface area contributed by atoms with Crippen LogP contribution in [0.2, 0.25) is 0 Å². The molecule has 3 aromatic rings. The highest BCUT2D eigenvalue weighted by Gasteiger charge is 2.15. The lowest BCUT2D eigenvalue weighted by Crippen LogP contribution is -2.16. The highest BCUT2D eigenvalue weighted by Crippen LogP contribution is 2.17. The van der Waals surface area contributed by atoms with E-state index in [0.29, 0.717) is 17.9 Å². The van der Waals surface area contributed by atoms with Gasteiger partial charge in [-0.15, -0.1) is 0 Å². The standard InChI is InChI=1S/C21H23N3O3/c1-4-11-27-21(26)16-8-5-9-17(12-16)23-19(25)13-18-15(3)22-20-14(2)7-6-10-24(18)20/h5-10,12H,4,11,13H2,1-3H3,(H,23,25). The maximum absolute atomic E-state index is 12.5. The van der Waals surface area contributed by atoms with Crippen LogP contribution in [-0.2, 0) is 16.0 Å². The zero-order valence-corrected chi connectivity index (χ0v) is 15.8. The maximum atomic E-state index is 12.5. The Balaban J connectivity index is 1.74. The molecule has 6 nitrogen and oxygen atoms in total. The van der Waals surface area contributed by atoms with Gasteiger partial charge in [0.15, 0.2) is 0 Å². The third kappa shape index (κ3) is 4.16. The van der Waals surface area contributed by atoms with Gasteiger partial charge in [-0.3, -0.25) is 4.79 Å². The second kappa shape index (κ2) is 8.03. The lowest BCUT2D eigenvalue weighted by Gasteiger charge is -2.08. The monoisotopic (exact) mass is 365 g/mol. The van der Waals surface area contributed by atoms with Crippen LogP contribution < -0.4 is 5.32 Å². The number of fused-ring (bicyclic) bond motifs is 1. The van der Waals surface area contributed by atoms with Crippen molar-refractivity contribution in [1.29, 1.82) is 0 Å². The highest BCUT2D eigenvalue weighted by atomic mass is 16.5. The molecule has 2 aromatic heterocycles. The number of ether oxygens (including phenoxy) is 1. The molecule has 0 fully saturated rings. The number of anilines is 1. The van der Waals surface area contributed by atoms with Crippen LogP contribution in [0.1, 0.15) is 40.7 Å². The highest BCUT2D eigenvalue weighted by molar-refractivity contribution is 5.95. The summed E-state index contributed by atoms with van der Waals surface area (Å²) in [6.45, 7) is 6.21. The average Bonchev–Trinajstić information content (AvgIpc) is 2.97. The summed E-state index contributed by atoms with van der Waals surface area (Å²) < 4.78 is 7.08. The van der Waals surface area contributed by atoms with E-state index in [4.69, 9.17) is 4.74 Å². The predicted octanol–water partition coefficient (Wildman–Crippen LogP) is 3.70. The summed E-state index contributed by atoms with van der Waals surface area (Å²) in [5.74, 6) is -0.554. The van der Waals surface area contributed by atoms with E-state index in [1.165, 1.54) is 0 Å². The van der Waals surface area contributed by atoms with Gasteiger partial charge in [0.05, 0.1) is 30.0 Å². The summed E-state index contributed by atoms with van der Waals surface area (Å²) in [5, 5.41) is 2.85. The molecule has 27 heavy (non-hydrogen) atoms. The van der Waals surface area contributed by atoms with Crippen LogP contribution in [0, 0.1) is 13.8 Å². The number of nitrogens with one attached hydrogen (secondary N) is 1.